The van der Waals surface area contributed by atoms with Gasteiger partial charge in [-0.1, -0.05) is 45.2 Å². The van der Waals surface area contributed by atoms with Gasteiger partial charge in [0.1, 0.15) is 0 Å². The largest absolute Gasteiger partial charge is 0.511 e. The Balaban J connectivity index is 3.08. The molecule has 1 aliphatic heterocycles. The maximum Gasteiger partial charge on any atom is 0.511 e. The van der Waals surface area contributed by atoms with Crippen LogP contribution in [0.4, 0.5) is 13.2 Å². The molecule has 0 aromatic heterocycles. The molecule has 1 fully saturated rings. The van der Waals surface area contributed by atoms with Crippen LogP contribution in [0.5, 0.6) is 0 Å². The van der Waals surface area contributed by atoms with Crippen molar-refractivity contribution < 1.29 is 21.6 Å². The van der Waals surface area contributed by atoms with Gasteiger partial charge in [-0.15, -0.1) is 0 Å². The summed E-state index contributed by atoms with van der Waals surface area (Å²) in [6, 6.07) is -1.04. The molecule has 16 heavy (non-hydrogen) atoms. The maximum absolute atomic E-state index is 12.5. The Bertz CT molecular complexity index is 334. The molecule has 1 saturated heterocycles. The minimum Gasteiger partial charge on any atom is -0.203 e. The Morgan fingerprint density at radius 1 is 1.12 bits per heavy atom. The third-order valence-electron chi connectivity index (χ3n) is 2.48. The zero-order valence-corrected chi connectivity index (χ0v) is 13.2. The van der Waals surface area contributed by atoms with E-state index in [1.54, 1.807) is 0 Å². The van der Waals surface area contributed by atoms with Crippen molar-refractivity contribution in [3.05, 3.63) is 0 Å². The summed E-state index contributed by atoms with van der Waals surface area (Å²) in [6.07, 6.45) is 1.01. The zero-order chi connectivity index (χ0) is 12.6. The second-order valence-corrected chi connectivity index (χ2v) is 7.07. The maximum atomic E-state index is 12.5. The van der Waals surface area contributed by atoms with Crippen LogP contribution < -0.4 is 0 Å². The fourth-order valence-corrected chi connectivity index (χ4v) is 5.39. The highest BCUT2D eigenvalue weighted by Crippen LogP contribution is 2.36. The van der Waals surface area contributed by atoms with Gasteiger partial charge < -0.3 is 0 Å². The standard InChI is InChI=1S/C7H10F3I2NO2S/c8-7(9,10)16(14,15)13-5(3-11)1-2-6(13)4-12/h5-6H,1-4H2/t5-,6-/m1/s1. The van der Waals surface area contributed by atoms with Crippen molar-refractivity contribution in [3.63, 3.8) is 0 Å². The Morgan fingerprint density at radius 2 is 1.50 bits per heavy atom. The van der Waals surface area contributed by atoms with Gasteiger partial charge in [-0.2, -0.15) is 17.5 Å². The lowest BCUT2D eigenvalue weighted by Crippen LogP contribution is -2.48. The van der Waals surface area contributed by atoms with Gasteiger partial charge in [-0.25, -0.2) is 8.42 Å². The summed E-state index contributed by atoms with van der Waals surface area (Å²) in [7, 11) is -5.17. The molecule has 0 aliphatic carbocycles. The van der Waals surface area contributed by atoms with Crippen LogP contribution in [-0.4, -0.2) is 39.2 Å². The van der Waals surface area contributed by atoms with E-state index in [9.17, 15) is 21.6 Å². The Kier molecular flexibility index (Phi) is 5.16. The van der Waals surface area contributed by atoms with E-state index in [4.69, 9.17) is 0 Å². The van der Waals surface area contributed by atoms with Gasteiger partial charge in [0, 0.05) is 20.9 Å². The lowest BCUT2D eigenvalue weighted by Gasteiger charge is -2.28. The molecular weight excluding hydrogens is 473 g/mol. The summed E-state index contributed by atoms with van der Waals surface area (Å²) in [5, 5.41) is 0. The lowest BCUT2D eigenvalue weighted by atomic mass is 10.2. The van der Waals surface area contributed by atoms with E-state index in [2.05, 4.69) is 0 Å². The first kappa shape index (κ1) is 15.2. The quantitative estimate of drug-likeness (QED) is 0.458. The second kappa shape index (κ2) is 5.43. The topological polar surface area (TPSA) is 37.4 Å². The van der Waals surface area contributed by atoms with Crippen LogP contribution in [0.1, 0.15) is 12.8 Å². The van der Waals surface area contributed by atoms with E-state index >= 15 is 0 Å². The fraction of sp³-hybridized carbons (Fsp3) is 1.00. The molecule has 2 atom stereocenters. The van der Waals surface area contributed by atoms with Crippen LogP contribution in [0.25, 0.3) is 0 Å². The van der Waals surface area contributed by atoms with Crippen LogP contribution in [0.3, 0.4) is 0 Å². The molecule has 1 rings (SSSR count). The molecule has 0 bridgehead atoms. The Morgan fingerprint density at radius 3 is 1.75 bits per heavy atom. The van der Waals surface area contributed by atoms with Gasteiger partial charge in [-0.05, 0) is 12.8 Å². The molecule has 0 N–H and O–H groups in total. The van der Waals surface area contributed by atoms with Crippen LogP contribution in [0, 0.1) is 0 Å². The summed E-state index contributed by atoms with van der Waals surface area (Å²) in [5.74, 6) is 0. The lowest BCUT2D eigenvalue weighted by molar-refractivity contribution is -0.0498. The van der Waals surface area contributed by atoms with Crippen LogP contribution in [0.2, 0.25) is 0 Å². The van der Waals surface area contributed by atoms with Crippen molar-refractivity contribution in [2.75, 3.05) is 8.86 Å². The first-order valence-electron chi connectivity index (χ1n) is 4.47. The average molecular weight is 483 g/mol. The van der Waals surface area contributed by atoms with E-state index < -0.39 is 27.6 Å². The number of halogens is 5. The van der Waals surface area contributed by atoms with Crippen molar-refractivity contribution in [3.8, 4) is 0 Å². The number of hydrogen-bond donors (Lipinski definition) is 0. The molecule has 0 aromatic rings. The predicted octanol–water partition coefficient (Wildman–Crippen LogP) is 2.54. The zero-order valence-electron chi connectivity index (χ0n) is 8.04. The van der Waals surface area contributed by atoms with Gasteiger partial charge in [-0.3, -0.25) is 0 Å². The van der Waals surface area contributed by atoms with Crippen molar-refractivity contribution in [2.24, 2.45) is 0 Å². The minimum absolute atomic E-state index is 0.389. The number of alkyl halides is 5. The number of rotatable bonds is 3. The molecule has 0 spiro atoms. The molecule has 0 aromatic carbocycles. The molecular formula is C7H10F3I2NO2S. The molecule has 0 unspecified atom stereocenters. The highest BCUT2D eigenvalue weighted by atomic mass is 127. The molecule has 96 valence electrons. The SMILES string of the molecule is O=S(=O)(N1[C@@H](CI)CC[C@@H]1CI)C(F)(F)F. The number of nitrogens with zero attached hydrogens (tertiary/aromatic N) is 1. The second-order valence-electron chi connectivity index (χ2n) is 3.47. The number of sulfonamides is 1. The smallest absolute Gasteiger partial charge is 0.203 e. The van der Waals surface area contributed by atoms with Gasteiger partial charge in [0.15, 0.2) is 0 Å². The molecule has 1 heterocycles. The van der Waals surface area contributed by atoms with E-state index in [0.29, 0.717) is 26.0 Å². The molecule has 1 aliphatic rings. The summed E-state index contributed by atoms with van der Waals surface area (Å²) in [5.41, 5.74) is -5.19. The van der Waals surface area contributed by atoms with Gasteiger partial charge in [0.05, 0.1) is 0 Å². The predicted molar refractivity (Wildman–Crippen MR) is 71.4 cm³/mol. The summed E-state index contributed by atoms with van der Waals surface area (Å²) < 4.78 is 61.6. The minimum atomic E-state index is -5.19. The van der Waals surface area contributed by atoms with E-state index in [0.717, 1.165) is 0 Å². The third kappa shape index (κ3) is 2.76. The summed E-state index contributed by atoms with van der Waals surface area (Å²) in [6.45, 7) is 0. The Labute approximate surface area is 119 Å². The monoisotopic (exact) mass is 483 g/mol. The highest BCUT2D eigenvalue weighted by Gasteiger charge is 2.55. The molecule has 0 saturated carbocycles. The van der Waals surface area contributed by atoms with Crippen molar-refractivity contribution in [2.45, 2.75) is 30.4 Å². The van der Waals surface area contributed by atoms with E-state index in [1.165, 1.54) is 0 Å². The van der Waals surface area contributed by atoms with E-state index in [1.807, 2.05) is 45.2 Å². The number of hydrogen-bond acceptors (Lipinski definition) is 2. The first-order valence-corrected chi connectivity index (χ1v) is 8.96. The van der Waals surface area contributed by atoms with Crippen LogP contribution in [0.15, 0.2) is 0 Å². The Hall–Kier alpha value is 1.16. The third-order valence-corrected chi connectivity index (χ3v) is 6.25. The molecule has 0 amide bonds. The van der Waals surface area contributed by atoms with Gasteiger partial charge in [0.2, 0.25) is 0 Å². The van der Waals surface area contributed by atoms with Crippen molar-refractivity contribution in [1.29, 1.82) is 0 Å². The molecule has 3 nitrogen and oxygen atoms in total. The molecule has 9 heteroatoms. The molecule has 0 radical (unpaired) electrons. The van der Waals surface area contributed by atoms with Gasteiger partial charge in [0.25, 0.3) is 0 Å². The summed E-state index contributed by atoms with van der Waals surface area (Å²) in [4.78, 5) is 0. The summed E-state index contributed by atoms with van der Waals surface area (Å²) >= 11 is 3.85. The van der Waals surface area contributed by atoms with Crippen LogP contribution in [-0.2, 0) is 10.0 Å². The first-order chi connectivity index (χ1) is 7.25. The highest BCUT2D eigenvalue weighted by molar-refractivity contribution is 14.1. The van der Waals surface area contributed by atoms with E-state index in [-0.39, 0.29) is 0 Å². The normalized spacial score (nSPS) is 28.6. The average Bonchev–Trinajstić information content (AvgIpc) is 2.58. The fourth-order valence-electron chi connectivity index (χ4n) is 1.74. The van der Waals surface area contributed by atoms with Crippen molar-refractivity contribution in [1.82, 2.24) is 4.31 Å². The van der Waals surface area contributed by atoms with Crippen LogP contribution >= 0.6 is 45.2 Å². The van der Waals surface area contributed by atoms with Crippen molar-refractivity contribution >= 4 is 55.2 Å². The van der Waals surface area contributed by atoms with Gasteiger partial charge >= 0.3 is 15.5 Å².